The molecule has 0 saturated carbocycles. The molecule has 0 spiro atoms. The summed E-state index contributed by atoms with van der Waals surface area (Å²) in [6, 6.07) is 0. The normalized spacial score (nSPS) is 18.6. The Kier molecular flexibility index (Phi) is 2.62. The largest absolute Gasteiger partial charge is 0.409 e. The van der Waals surface area contributed by atoms with Gasteiger partial charge in [-0.15, -0.1) is 0 Å². The molecule has 0 atom stereocenters. The number of likely N-dealkylation sites (tertiary alicyclic amines) is 1. The summed E-state index contributed by atoms with van der Waals surface area (Å²) >= 11 is 0. The Balaban J connectivity index is 2.13. The van der Waals surface area contributed by atoms with Crippen LogP contribution in [0.4, 0.5) is 0 Å². The summed E-state index contributed by atoms with van der Waals surface area (Å²) in [6.07, 6.45) is 4.67. The maximum Gasteiger partial charge on any atom is 0.241 e. The van der Waals surface area contributed by atoms with Gasteiger partial charge in [-0.1, -0.05) is 10.3 Å². The highest BCUT2D eigenvalue weighted by Crippen LogP contribution is 2.11. The summed E-state index contributed by atoms with van der Waals surface area (Å²) < 4.78 is 4.61. The fourth-order valence-electron chi connectivity index (χ4n) is 1.62. The highest BCUT2D eigenvalue weighted by Gasteiger charge is 2.20. The van der Waals surface area contributed by atoms with Crippen LogP contribution in [0.2, 0.25) is 0 Å². The molecule has 0 aromatic carbocycles. The van der Waals surface area contributed by atoms with Gasteiger partial charge in [0.15, 0.2) is 0 Å². The van der Waals surface area contributed by atoms with Gasteiger partial charge in [0.25, 0.3) is 0 Å². The number of hydrogen-bond acceptors (Lipinski definition) is 5. The van der Waals surface area contributed by atoms with Gasteiger partial charge in [-0.3, -0.25) is 0 Å². The zero-order valence-corrected chi connectivity index (χ0v) is 7.76. The van der Waals surface area contributed by atoms with Gasteiger partial charge in [0.05, 0.1) is 0 Å². The summed E-state index contributed by atoms with van der Waals surface area (Å²) in [6.45, 7) is 1.77. The third-order valence-corrected chi connectivity index (χ3v) is 2.31. The Labute approximate surface area is 81.2 Å². The lowest BCUT2D eigenvalue weighted by atomic mass is 10.1. The van der Waals surface area contributed by atoms with Crippen LogP contribution in [0, 0.1) is 0 Å². The number of nitrogens with zero attached hydrogens (tertiary/aromatic N) is 4. The molecule has 1 aromatic heterocycles. The number of rotatable bonds is 1. The van der Waals surface area contributed by atoms with E-state index in [1.54, 1.807) is 0 Å². The van der Waals surface area contributed by atoms with E-state index < -0.39 is 0 Å². The van der Waals surface area contributed by atoms with E-state index >= 15 is 0 Å². The van der Waals surface area contributed by atoms with Crippen LogP contribution in [0.5, 0.6) is 0 Å². The zero-order valence-electron chi connectivity index (χ0n) is 7.76. The maximum absolute atomic E-state index is 8.87. The minimum absolute atomic E-state index is 0.342. The van der Waals surface area contributed by atoms with Crippen molar-refractivity contribution in [1.29, 1.82) is 0 Å². The van der Waals surface area contributed by atoms with Gasteiger partial charge in [-0.2, -0.15) is 4.98 Å². The number of aromatic nitrogens is 2. The fraction of sp³-hybridized carbons (Fsp3) is 0.625. The molecule has 1 aliphatic heterocycles. The van der Waals surface area contributed by atoms with E-state index in [2.05, 4.69) is 19.8 Å². The molecule has 2 heterocycles. The number of hydrogen-bond donors (Lipinski definition) is 1. The van der Waals surface area contributed by atoms with Crippen LogP contribution < -0.4 is 0 Å². The molecule has 0 unspecified atom stereocenters. The van der Waals surface area contributed by atoms with Gasteiger partial charge in [0.2, 0.25) is 18.1 Å². The first kappa shape index (κ1) is 8.98. The number of amidine groups is 1. The standard InChI is InChI=1S/C8H12N4O2/c13-10-8(7-9-6-14-11-7)12-4-2-1-3-5-12/h6,13H,1-5H2. The SMILES string of the molecule is ON=C(c1ncon1)N1CCCCC1. The van der Waals surface area contributed by atoms with Gasteiger partial charge in [0.1, 0.15) is 0 Å². The Morgan fingerprint density at radius 2 is 2.21 bits per heavy atom. The second-order valence-electron chi connectivity index (χ2n) is 3.23. The van der Waals surface area contributed by atoms with Crippen LogP contribution in [-0.2, 0) is 0 Å². The third-order valence-electron chi connectivity index (χ3n) is 2.31. The molecule has 6 nitrogen and oxygen atoms in total. The highest BCUT2D eigenvalue weighted by atomic mass is 16.5. The van der Waals surface area contributed by atoms with Crippen molar-refractivity contribution >= 4 is 5.84 Å². The molecule has 1 aromatic rings. The topological polar surface area (TPSA) is 74.8 Å². The Morgan fingerprint density at radius 3 is 2.79 bits per heavy atom. The van der Waals surface area contributed by atoms with E-state index in [-0.39, 0.29) is 0 Å². The summed E-state index contributed by atoms with van der Waals surface area (Å²) in [5, 5.41) is 15.7. The highest BCUT2D eigenvalue weighted by molar-refractivity contribution is 5.94. The van der Waals surface area contributed by atoms with Gasteiger partial charge in [-0.05, 0) is 19.3 Å². The minimum atomic E-state index is 0.342. The van der Waals surface area contributed by atoms with Crippen LogP contribution >= 0.6 is 0 Å². The van der Waals surface area contributed by atoms with E-state index in [0.29, 0.717) is 11.7 Å². The van der Waals surface area contributed by atoms with Gasteiger partial charge in [-0.25, -0.2) is 0 Å². The fourth-order valence-corrected chi connectivity index (χ4v) is 1.62. The van der Waals surface area contributed by atoms with Crippen LogP contribution in [0.3, 0.4) is 0 Å². The predicted octanol–water partition coefficient (Wildman–Crippen LogP) is 0.691. The molecule has 0 amide bonds. The van der Waals surface area contributed by atoms with Crippen LogP contribution in [-0.4, -0.2) is 39.2 Å². The molecular weight excluding hydrogens is 184 g/mol. The lowest BCUT2D eigenvalue weighted by Crippen LogP contribution is -2.36. The van der Waals surface area contributed by atoms with E-state index in [0.717, 1.165) is 25.9 Å². The van der Waals surface area contributed by atoms with Crippen molar-refractivity contribution in [2.75, 3.05) is 13.1 Å². The van der Waals surface area contributed by atoms with E-state index in [9.17, 15) is 0 Å². The van der Waals surface area contributed by atoms with Crippen molar-refractivity contribution in [2.45, 2.75) is 19.3 Å². The summed E-state index contributed by atoms with van der Waals surface area (Å²) in [5.41, 5.74) is 0. The van der Waals surface area contributed by atoms with Crippen LogP contribution in [0.1, 0.15) is 25.1 Å². The van der Waals surface area contributed by atoms with Gasteiger partial charge >= 0.3 is 0 Å². The molecule has 6 heteroatoms. The summed E-state index contributed by atoms with van der Waals surface area (Å²) in [4.78, 5) is 5.82. The average molecular weight is 196 g/mol. The van der Waals surface area contributed by atoms with Crippen molar-refractivity contribution in [3.05, 3.63) is 12.2 Å². The first-order chi connectivity index (χ1) is 6.92. The number of oxime groups is 1. The third kappa shape index (κ3) is 1.68. The minimum Gasteiger partial charge on any atom is -0.409 e. The lowest BCUT2D eigenvalue weighted by molar-refractivity contribution is 0.284. The van der Waals surface area contributed by atoms with Crippen molar-refractivity contribution in [3.8, 4) is 0 Å². The first-order valence-electron chi connectivity index (χ1n) is 4.65. The zero-order chi connectivity index (χ0) is 9.80. The van der Waals surface area contributed by atoms with E-state index in [1.807, 2.05) is 4.90 Å². The van der Waals surface area contributed by atoms with E-state index in [1.165, 1.54) is 12.8 Å². The Bertz CT molecular complexity index is 303. The van der Waals surface area contributed by atoms with E-state index in [4.69, 9.17) is 5.21 Å². The summed E-state index contributed by atoms with van der Waals surface area (Å²) in [5.74, 6) is 0.743. The second kappa shape index (κ2) is 4.08. The Morgan fingerprint density at radius 1 is 1.43 bits per heavy atom. The predicted molar refractivity (Wildman–Crippen MR) is 48.0 cm³/mol. The first-order valence-corrected chi connectivity index (χ1v) is 4.65. The van der Waals surface area contributed by atoms with Gasteiger partial charge < -0.3 is 14.6 Å². The molecular formula is C8H12N4O2. The quantitative estimate of drug-likeness (QED) is 0.309. The summed E-state index contributed by atoms with van der Waals surface area (Å²) in [7, 11) is 0. The van der Waals surface area contributed by atoms with Crippen LogP contribution in [0.25, 0.3) is 0 Å². The Hall–Kier alpha value is -1.59. The van der Waals surface area contributed by atoms with Crippen molar-refractivity contribution in [3.63, 3.8) is 0 Å². The van der Waals surface area contributed by atoms with Crippen molar-refractivity contribution in [2.24, 2.45) is 5.16 Å². The molecule has 1 N–H and O–H groups in total. The molecule has 14 heavy (non-hydrogen) atoms. The molecule has 0 aliphatic carbocycles. The van der Waals surface area contributed by atoms with Crippen LogP contribution in [0.15, 0.2) is 16.1 Å². The molecule has 1 fully saturated rings. The van der Waals surface area contributed by atoms with Gasteiger partial charge in [0, 0.05) is 13.1 Å². The van der Waals surface area contributed by atoms with Crippen molar-refractivity contribution in [1.82, 2.24) is 15.0 Å². The second-order valence-corrected chi connectivity index (χ2v) is 3.23. The smallest absolute Gasteiger partial charge is 0.241 e. The molecule has 76 valence electrons. The number of piperidine rings is 1. The molecule has 1 saturated heterocycles. The van der Waals surface area contributed by atoms with Crippen molar-refractivity contribution < 1.29 is 9.73 Å². The molecule has 0 radical (unpaired) electrons. The molecule has 0 bridgehead atoms. The lowest BCUT2D eigenvalue weighted by Gasteiger charge is -2.27. The molecule has 2 rings (SSSR count). The monoisotopic (exact) mass is 196 g/mol. The average Bonchev–Trinajstić information content (AvgIpc) is 2.74. The molecule has 1 aliphatic rings. The maximum atomic E-state index is 8.87.